The van der Waals surface area contributed by atoms with E-state index in [9.17, 15) is 18.3 Å². The van der Waals surface area contributed by atoms with E-state index in [1.54, 1.807) is 25.3 Å². The molecule has 2 aromatic rings. The van der Waals surface area contributed by atoms with Gasteiger partial charge in [0.2, 0.25) is 0 Å². The Labute approximate surface area is 180 Å². The molecule has 4 rings (SSSR count). The molecule has 3 unspecified atom stereocenters. The zero-order chi connectivity index (χ0) is 22.0. The molecule has 8 heteroatoms. The van der Waals surface area contributed by atoms with E-state index in [1.165, 1.54) is 12.1 Å². The first kappa shape index (κ1) is 21.9. The number of nitrogens with one attached hydrogen (secondary N) is 2. The molecule has 5 nitrogen and oxygen atoms in total. The summed E-state index contributed by atoms with van der Waals surface area (Å²) in [5.41, 5.74) is 7.34. The summed E-state index contributed by atoms with van der Waals surface area (Å²) >= 11 is 0. The third-order valence-corrected chi connectivity index (χ3v) is 6.43. The van der Waals surface area contributed by atoms with E-state index in [2.05, 4.69) is 15.8 Å². The van der Waals surface area contributed by atoms with Crippen LogP contribution in [0, 0.1) is 5.92 Å². The fourth-order valence-corrected chi connectivity index (χ4v) is 4.89. The summed E-state index contributed by atoms with van der Waals surface area (Å²) in [4.78, 5) is 2.29. The molecular weight excluding hydrogens is 407 g/mol. The Balaban J connectivity index is 1.49. The van der Waals surface area contributed by atoms with Gasteiger partial charge >= 0.3 is 6.18 Å². The summed E-state index contributed by atoms with van der Waals surface area (Å²) in [6.07, 6.45) is -2.35. The lowest BCUT2D eigenvalue weighted by molar-refractivity contribution is -0.137. The molecule has 2 aliphatic rings. The molecule has 0 radical (unpaired) electrons. The summed E-state index contributed by atoms with van der Waals surface area (Å²) < 4.78 is 45.0. The summed E-state index contributed by atoms with van der Waals surface area (Å²) in [5, 5.41) is 10.3. The van der Waals surface area contributed by atoms with Crippen molar-refractivity contribution in [1.82, 2.24) is 15.8 Å². The average molecular weight is 435 g/mol. The largest absolute Gasteiger partial charge is 0.507 e. The van der Waals surface area contributed by atoms with Gasteiger partial charge in [0.25, 0.3) is 0 Å². The highest BCUT2D eigenvalue weighted by molar-refractivity contribution is 5.43. The smallest absolute Gasteiger partial charge is 0.416 e. The molecule has 3 N–H and O–H groups in total. The summed E-state index contributed by atoms with van der Waals surface area (Å²) in [5.74, 6) is 1.11. The van der Waals surface area contributed by atoms with Crippen LogP contribution in [-0.4, -0.2) is 42.8 Å². The van der Waals surface area contributed by atoms with Crippen LogP contribution in [0.25, 0.3) is 0 Å². The second kappa shape index (κ2) is 9.06. The molecule has 0 amide bonds. The van der Waals surface area contributed by atoms with Crippen LogP contribution < -0.4 is 15.6 Å². The molecule has 2 aromatic carbocycles. The van der Waals surface area contributed by atoms with Crippen LogP contribution in [0.4, 0.5) is 13.2 Å². The van der Waals surface area contributed by atoms with Crippen molar-refractivity contribution in [3.8, 4) is 11.5 Å². The molecule has 3 atom stereocenters. The molecule has 31 heavy (non-hydrogen) atoms. The minimum Gasteiger partial charge on any atom is -0.507 e. The van der Waals surface area contributed by atoms with Gasteiger partial charge in [-0.15, -0.1) is 0 Å². The number of ether oxygens (including phenoxy) is 1. The zero-order valence-corrected chi connectivity index (χ0v) is 17.5. The van der Waals surface area contributed by atoms with Crippen molar-refractivity contribution in [3.63, 3.8) is 0 Å². The molecule has 2 aliphatic heterocycles. The lowest BCUT2D eigenvalue weighted by Crippen LogP contribution is -2.46. The van der Waals surface area contributed by atoms with Gasteiger partial charge in [0.05, 0.1) is 12.7 Å². The maximum atomic E-state index is 13.2. The van der Waals surface area contributed by atoms with Gasteiger partial charge in [0.15, 0.2) is 0 Å². The van der Waals surface area contributed by atoms with E-state index < -0.39 is 11.7 Å². The van der Waals surface area contributed by atoms with Crippen molar-refractivity contribution in [2.75, 3.05) is 26.7 Å². The Morgan fingerprint density at radius 2 is 2.00 bits per heavy atom. The Morgan fingerprint density at radius 1 is 1.19 bits per heavy atom. The highest BCUT2D eigenvalue weighted by atomic mass is 19.4. The average Bonchev–Trinajstić information content (AvgIpc) is 3.25. The van der Waals surface area contributed by atoms with Gasteiger partial charge in [-0.3, -0.25) is 15.8 Å². The van der Waals surface area contributed by atoms with Crippen molar-refractivity contribution in [1.29, 1.82) is 0 Å². The molecule has 2 heterocycles. The van der Waals surface area contributed by atoms with Crippen LogP contribution in [-0.2, 0) is 12.7 Å². The summed E-state index contributed by atoms with van der Waals surface area (Å²) in [7, 11) is 1.59. The summed E-state index contributed by atoms with van der Waals surface area (Å²) in [6, 6.07) is 11.0. The molecule has 2 fully saturated rings. The fourth-order valence-electron chi connectivity index (χ4n) is 4.89. The number of hydrogen-bond donors (Lipinski definition) is 3. The quantitative estimate of drug-likeness (QED) is 0.665. The minimum absolute atomic E-state index is 0.0353. The summed E-state index contributed by atoms with van der Waals surface area (Å²) in [6.45, 7) is 2.87. The Kier molecular flexibility index (Phi) is 6.41. The number of hydrazine groups is 1. The van der Waals surface area contributed by atoms with Gasteiger partial charge in [-0.25, -0.2) is 0 Å². The number of hydrogen-bond acceptors (Lipinski definition) is 5. The molecule has 168 valence electrons. The maximum absolute atomic E-state index is 13.2. The first-order valence-electron chi connectivity index (χ1n) is 10.6. The number of nitrogens with zero attached hydrogens (tertiary/aromatic N) is 1. The minimum atomic E-state index is -4.34. The number of piperidine rings is 1. The van der Waals surface area contributed by atoms with Gasteiger partial charge < -0.3 is 9.84 Å². The molecule has 2 saturated heterocycles. The van der Waals surface area contributed by atoms with E-state index in [0.29, 0.717) is 24.4 Å². The van der Waals surface area contributed by atoms with Crippen LogP contribution in [0.15, 0.2) is 42.5 Å². The van der Waals surface area contributed by atoms with Crippen molar-refractivity contribution >= 4 is 0 Å². The number of likely N-dealkylation sites (tertiary alicyclic amines) is 1. The standard InChI is InChI=1S/C23H28F3N3O2/c1-31-21-9-3-8-20(30)19(21)14-29-10-4-6-16(13-29)22-18(12-27-28-22)15-5-2-7-17(11-15)23(24,25)26/h2-3,5,7-9,11,16,18,22,27-28,30H,4,6,10,12-14H2,1H3. The van der Waals surface area contributed by atoms with E-state index in [1.807, 2.05) is 6.07 Å². The highest BCUT2D eigenvalue weighted by Crippen LogP contribution is 2.36. The second-order valence-electron chi connectivity index (χ2n) is 8.38. The van der Waals surface area contributed by atoms with Crippen LogP contribution in [0.2, 0.25) is 0 Å². The van der Waals surface area contributed by atoms with E-state index in [4.69, 9.17) is 4.74 Å². The molecule has 0 saturated carbocycles. The van der Waals surface area contributed by atoms with Crippen LogP contribution in [0.5, 0.6) is 11.5 Å². The van der Waals surface area contributed by atoms with Gasteiger partial charge in [0.1, 0.15) is 11.5 Å². The first-order chi connectivity index (χ1) is 14.9. The van der Waals surface area contributed by atoms with Gasteiger partial charge in [-0.05, 0) is 49.1 Å². The maximum Gasteiger partial charge on any atom is 0.416 e. The number of phenols is 1. The number of methoxy groups -OCH3 is 1. The van der Waals surface area contributed by atoms with E-state index >= 15 is 0 Å². The van der Waals surface area contributed by atoms with Gasteiger partial charge in [-0.1, -0.05) is 24.3 Å². The van der Waals surface area contributed by atoms with E-state index in [-0.39, 0.29) is 23.6 Å². The number of alkyl halides is 3. The van der Waals surface area contributed by atoms with Crippen LogP contribution in [0.1, 0.15) is 35.4 Å². The van der Waals surface area contributed by atoms with Crippen molar-refractivity contribution < 1.29 is 23.0 Å². The Bertz CT molecular complexity index is 906. The Morgan fingerprint density at radius 3 is 2.77 bits per heavy atom. The van der Waals surface area contributed by atoms with Crippen LogP contribution in [0.3, 0.4) is 0 Å². The Hall–Kier alpha value is -2.29. The van der Waals surface area contributed by atoms with Crippen molar-refractivity contribution in [2.45, 2.75) is 37.5 Å². The van der Waals surface area contributed by atoms with Gasteiger partial charge in [0, 0.05) is 37.2 Å². The number of benzene rings is 2. The normalized spacial score (nSPS) is 25.0. The molecular formula is C23H28F3N3O2. The van der Waals surface area contributed by atoms with E-state index in [0.717, 1.165) is 37.6 Å². The lowest BCUT2D eigenvalue weighted by atomic mass is 9.80. The highest BCUT2D eigenvalue weighted by Gasteiger charge is 2.38. The van der Waals surface area contributed by atoms with Gasteiger partial charge in [-0.2, -0.15) is 13.2 Å². The number of phenolic OH excluding ortho intramolecular Hbond substituents is 1. The third kappa shape index (κ3) is 4.81. The van der Waals surface area contributed by atoms with Crippen molar-refractivity contribution in [2.24, 2.45) is 5.92 Å². The first-order valence-corrected chi connectivity index (χ1v) is 10.6. The number of halogens is 3. The molecule has 0 bridgehead atoms. The zero-order valence-electron chi connectivity index (χ0n) is 17.5. The second-order valence-corrected chi connectivity index (χ2v) is 8.38. The predicted octanol–water partition coefficient (Wildman–Crippen LogP) is 3.89. The van der Waals surface area contributed by atoms with Crippen molar-refractivity contribution in [3.05, 3.63) is 59.2 Å². The molecule has 0 aliphatic carbocycles. The molecule has 0 aromatic heterocycles. The third-order valence-electron chi connectivity index (χ3n) is 6.43. The SMILES string of the molecule is COc1cccc(O)c1CN1CCCC(C2NNCC2c2cccc(C(F)(F)F)c2)C1. The lowest BCUT2D eigenvalue weighted by Gasteiger charge is -2.37. The topological polar surface area (TPSA) is 56.8 Å². The predicted molar refractivity (Wildman–Crippen MR) is 112 cm³/mol. The molecule has 0 spiro atoms. The monoisotopic (exact) mass is 435 g/mol. The fraction of sp³-hybridized carbons (Fsp3) is 0.478. The number of rotatable bonds is 5. The number of aromatic hydroxyl groups is 1. The van der Waals surface area contributed by atoms with Crippen LogP contribution >= 0.6 is 0 Å².